The van der Waals surface area contributed by atoms with Crippen molar-refractivity contribution in [2.75, 3.05) is 28.2 Å². The van der Waals surface area contributed by atoms with Crippen molar-refractivity contribution in [1.29, 1.82) is 0 Å². The summed E-state index contributed by atoms with van der Waals surface area (Å²) in [6, 6.07) is 14.8. The normalized spacial score (nSPS) is 30.6. The van der Waals surface area contributed by atoms with Crippen molar-refractivity contribution in [2.45, 2.75) is 32.7 Å². The maximum absolute atomic E-state index is 13.0. The molecule has 2 fully saturated rings. The number of thiol groups is 4. The Hall–Kier alpha value is -2.62. The lowest BCUT2D eigenvalue weighted by molar-refractivity contribution is -0.179. The van der Waals surface area contributed by atoms with Gasteiger partial charge in [-0.2, -0.15) is 0 Å². The second-order valence-corrected chi connectivity index (χ2v) is 13.3. The summed E-state index contributed by atoms with van der Waals surface area (Å²) in [5.41, 5.74) is 3.31. The molecule has 2 aliphatic heterocycles. The molecule has 2 saturated heterocycles. The van der Waals surface area contributed by atoms with Crippen LogP contribution in [0, 0.1) is 0 Å². The fourth-order valence-corrected chi connectivity index (χ4v) is 6.15. The van der Waals surface area contributed by atoms with Crippen molar-refractivity contribution in [2.24, 2.45) is 0 Å². The number of aliphatic hydroxyl groups is 2. The van der Waals surface area contributed by atoms with E-state index in [4.69, 9.17) is 0 Å². The quantitative estimate of drug-likeness (QED) is 0.159. The number of hydrogen-bond donors (Lipinski definition) is 6. The van der Waals surface area contributed by atoms with Crippen LogP contribution < -0.4 is 0 Å². The van der Waals surface area contributed by atoms with Gasteiger partial charge in [0, 0.05) is 41.0 Å². The number of nitrogens with zero attached hydrogens (tertiary/aromatic N) is 4. The van der Waals surface area contributed by atoms with Gasteiger partial charge in [-0.25, -0.2) is 0 Å². The monoisotopic (exact) mass is 648 g/mol. The summed E-state index contributed by atoms with van der Waals surface area (Å²) in [5, 5.41) is 16.1. The molecule has 10 nitrogen and oxygen atoms in total. The fourth-order valence-electron chi connectivity index (χ4n) is 4.82. The van der Waals surface area contributed by atoms with Crippen LogP contribution in [-0.2, 0) is 32.0 Å². The zero-order valence-corrected chi connectivity index (χ0v) is 26.9. The minimum absolute atomic E-state index is 0.121. The van der Waals surface area contributed by atoms with Gasteiger partial charge in [0.25, 0.3) is 33.7 Å². The highest BCUT2D eigenvalue weighted by Crippen LogP contribution is 2.38. The van der Waals surface area contributed by atoms with Crippen LogP contribution in [0.4, 0.5) is 0 Å². The molecule has 4 amide bonds. The molecule has 2 aromatic carbocycles. The van der Waals surface area contributed by atoms with Gasteiger partial charge in [0.15, 0.2) is 9.74 Å². The zero-order valence-electron chi connectivity index (χ0n) is 23.3. The SMILES string of the molecule is CN1C(=O)[C@@](S)(Cc2ccc(/C=C/c3ccc(C[C@]4(S)C(=O)N(C)[C@@](O)(S)C(=O)N4C)cc3)cc2)N(C)C(=O)[C@]1(O)S. The molecule has 224 valence electrons. The number of benzene rings is 2. The highest BCUT2D eigenvalue weighted by Gasteiger charge is 2.58. The average molecular weight is 649 g/mol. The van der Waals surface area contributed by atoms with Crippen LogP contribution in [0.3, 0.4) is 0 Å². The van der Waals surface area contributed by atoms with Gasteiger partial charge in [-0.1, -0.05) is 60.7 Å². The molecular formula is C28H32N4O6S4. The molecule has 0 radical (unpaired) electrons. The number of hydrogen-bond acceptors (Lipinski definition) is 10. The summed E-state index contributed by atoms with van der Waals surface area (Å²) in [5.74, 6) is -2.60. The topological polar surface area (TPSA) is 122 Å². The van der Waals surface area contributed by atoms with E-state index < -0.39 is 43.5 Å². The summed E-state index contributed by atoms with van der Waals surface area (Å²) < 4.78 is 0. The first-order chi connectivity index (χ1) is 19.4. The largest absolute Gasteiger partial charge is 0.355 e. The summed E-state index contributed by atoms with van der Waals surface area (Å²) in [6.07, 6.45) is 4.06. The third kappa shape index (κ3) is 5.33. The van der Waals surface area contributed by atoms with E-state index in [-0.39, 0.29) is 12.8 Å². The number of likely N-dealkylation sites (N-methyl/N-ethyl adjacent to an activating group) is 4. The van der Waals surface area contributed by atoms with E-state index in [1.165, 1.54) is 28.2 Å². The summed E-state index contributed by atoms with van der Waals surface area (Å²) in [6.45, 7) is 0. The first kappa shape index (κ1) is 32.3. The predicted octanol–water partition coefficient (Wildman–Crippen LogP) is 1.21. The van der Waals surface area contributed by atoms with Crippen molar-refractivity contribution < 1.29 is 29.4 Å². The minimum Gasteiger partial charge on any atom is -0.355 e. The Morgan fingerprint density at radius 3 is 1.12 bits per heavy atom. The molecule has 2 N–H and O–H groups in total. The summed E-state index contributed by atoms with van der Waals surface area (Å²) >= 11 is 17.0. The Bertz CT molecular complexity index is 1360. The van der Waals surface area contributed by atoms with Gasteiger partial charge in [-0.15, -0.1) is 50.5 Å². The van der Waals surface area contributed by atoms with Crippen molar-refractivity contribution in [3.05, 3.63) is 70.8 Å². The smallest absolute Gasteiger partial charge is 0.288 e. The van der Waals surface area contributed by atoms with Gasteiger partial charge in [-0.05, 0) is 22.3 Å². The Morgan fingerprint density at radius 1 is 0.548 bits per heavy atom. The van der Waals surface area contributed by atoms with Crippen molar-refractivity contribution in [3.8, 4) is 0 Å². The lowest BCUT2D eigenvalue weighted by Gasteiger charge is -2.49. The number of piperazine rings is 2. The lowest BCUT2D eigenvalue weighted by Crippen LogP contribution is -2.72. The third-order valence-corrected chi connectivity index (χ3v) is 10.1. The molecule has 4 atom stereocenters. The summed E-state index contributed by atoms with van der Waals surface area (Å²) in [7, 11) is 5.42. The highest BCUT2D eigenvalue weighted by molar-refractivity contribution is 7.83. The first-order valence-electron chi connectivity index (χ1n) is 12.7. The number of amides is 4. The highest BCUT2D eigenvalue weighted by atomic mass is 32.1. The van der Waals surface area contributed by atoms with E-state index >= 15 is 0 Å². The molecule has 42 heavy (non-hydrogen) atoms. The Kier molecular flexibility index (Phi) is 8.57. The number of carbonyl (C=O) groups excluding carboxylic acids is 4. The second-order valence-electron chi connectivity index (χ2n) is 10.5. The molecule has 0 saturated carbocycles. The molecule has 0 spiro atoms. The van der Waals surface area contributed by atoms with Gasteiger partial charge >= 0.3 is 0 Å². The van der Waals surface area contributed by atoms with Crippen molar-refractivity contribution >= 4 is 86.3 Å². The predicted molar refractivity (Wildman–Crippen MR) is 172 cm³/mol. The first-order valence-corrected chi connectivity index (χ1v) is 14.5. The van der Waals surface area contributed by atoms with Gasteiger partial charge in [0.2, 0.25) is 0 Å². The fraction of sp³-hybridized carbons (Fsp3) is 0.357. The Labute approximate surface area is 266 Å². The van der Waals surface area contributed by atoms with E-state index in [1.54, 1.807) is 0 Å². The molecule has 14 heteroatoms. The van der Waals surface area contributed by atoms with Crippen LogP contribution in [0.5, 0.6) is 0 Å². The molecular weight excluding hydrogens is 617 g/mol. The van der Waals surface area contributed by atoms with E-state index in [0.29, 0.717) is 0 Å². The molecule has 0 aliphatic carbocycles. The van der Waals surface area contributed by atoms with Gasteiger partial charge in [0.05, 0.1) is 0 Å². The second kappa shape index (κ2) is 11.1. The van der Waals surface area contributed by atoms with Crippen LogP contribution in [0.2, 0.25) is 0 Å². The van der Waals surface area contributed by atoms with E-state index in [2.05, 4.69) is 50.5 Å². The van der Waals surface area contributed by atoms with Crippen molar-refractivity contribution in [3.63, 3.8) is 0 Å². The standard InChI is InChI=1S/C28H32N4O6S4/c1-29-23(35)27(37,41)31(3)21(33)25(29,39)15-19-11-7-17(8-12-19)5-6-18-9-13-20(14-10-18)16-26(40)22(34)32(4)28(38,42)24(36)30(26)2/h5-14,37-42H,15-16H2,1-4H3/b6-5+/t25-,26-,27-,28-/m0/s1. The molecule has 2 aromatic rings. The molecule has 0 bridgehead atoms. The van der Waals surface area contributed by atoms with Crippen LogP contribution >= 0.6 is 50.5 Å². The number of rotatable bonds is 6. The molecule has 0 unspecified atom stereocenters. The third-order valence-electron chi connectivity index (χ3n) is 7.85. The van der Waals surface area contributed by atoms with Crippen LogP contribution in [0.15, 0.2) is 48.5 Å². The average Bonchev–Trinajstić information content (AvgIpc) is 2.96. The molecule has 2 heterocycles. The van der Waals surface area contributed by atoms with E-state index in [1.807, 2.05) is 60.7 Å². The zero-order chi connectivity index (χ0) is 31.4. The maximum Gasteiger partial charge on any atom is 0.288 e. The van der Waals surface area contributed by atoms with Gasteiger partial charge < -0.3 is 20.0 Å². The van der Waals surface area contributed by atoms with Gasteiger partial charge in [-0.3, -0.25) is 29.0 Å². The van der Waals surface area contributed by atoms with E-state index in [9.17, 15) is 29.4 Å². The van der Waals surface area contributed by atoms with Crippen molar-refractivity contribution in [1.82, 2.24) is 19.6 Å². The lowest BCUT2D eigenvalue weighted by atomic mass is 9.98. The Morgan fingerprint density at radius 2 is 0.833 bits per heavy atom. The van der Waals surface area contributed by atoms with E-state index in [0.717, 1.165) is 41.9 Å². The van der Waals surface area contributed by atoms with Crippen LogP contribution in [-0.4, -0.2) is 101 Å². The van der Waals surface area contributed by atoms with Crippen LogP contribution in [0.1, 0.15) is 22.3 Å². The molecule has 2 aliphatic rings. The minimum atomic E-state index is -2.24. The Balaban J connectivity index is 1.43. The maximum atomic E-state index is 13.0. The molecule has 0 aromatic heterocycles. The number of carbonyl (C=O) groups is 4. The van der Waals surface area contributed by atoms with Gasteiger partial charge in [0.1, 0.15) is 0 Å². The van der Waals surface area contributed by atoms with Crippen LogP contribution in [0.25, 0.3) is 12.2 Å². The molecule has 4 rings (SSSR count). The summed E-state index contributed by atoms with van der Waals surface area (Å²) in [4.78, 5) is 52.1.